The van der Waals surface area contributed by atoms with Gasteiger partial charge in [0.1, 0.15) is 5.75 Å². The highest BCUT2D eigenvalue weighted by atomic mass is 32.1. The lowest BCUT2D eigenvalue weighted by Gasteiger charge is -2.07. The van der Waals surface area contributed by atoms with Crippen molar-refractivity contribution >= 4 is 11.3 Å². The van der Waals surface area contributed by atoms with Crippen molar-refractivity contribution in [3.63, 3.8) is 0 Å². The summed E-state index contributed by atoms with van der Waals surface area (Å²) in [6.45, 7) is 2.74. The fraction of sp³-hybridized carbons (Fsp3) is 0.231. The summed E-state index contributed by atoms with van der Waals surface area (Å²) in [7, 11) is 0. The van der Waals surface area contributed by atoms with Gasteiger partial charge in [0.2, 0.25) is 0 Å². The first-order chi connectivity index (χ1) is 7.85. The van der Waals surface area contributed by atoms with Gasteiger partial charge in [-0.2, -0.15) is 0 Å². The average molecular weight is 234 g/mol. The molecule has 0 aliphatic heterocycles. The normalized spacial score (nSPS) is 10.4. The third-order valence-electron chi connectivity index (χ3n) is 2.27. The third kappa shape index (κ3) is 2.26. The van der Waals surface area contributed by atoms with E-state index < -0.39 is 0 Å². The summed E-state index contributed by atoms with van der Waals surface area (Å²) in [6, 6.07) is 11.9. The summed E-state index contributed by atoms with van der Waals surface area (Å²) in [5, 5.41) is 9.05. The SMILES string of the molecule is CCOc1ccccc1-c1ccc(CO)s1. The Morgan fingerprint density at radius 3 is 2.69 bits per heavy atom. The van der Waals surface area contributed by atoms with Crippen LogP contribution >= 0.6 is 11.3 Å². The van der Waals surface area contributed by atoms with E-state index in [4.69, 9.17) is 9.84 Å². The molecule has 1 aromatic heterocycles. The molecule has 1 heterocycles. The minimum absolute atomic E-state index is 0.0987. The molecule has 2 rings (SSSR count). The molecule has 0 saturated heterocycles. The fourth-order valence-corrected chi connectivity index (χ4v) is 2.46. The highest BCUT2D eigenvalue weighted by Gasteiger charge is 2.07. The van der Waals surface area contributed by atoms with Gasteiger partial charge in [0.25, 0.3) is 0 Å². The van der Waals surface area contributed by atoms with Gasteiger partial charge in [0.15, 0.2) is 0 Å². The van der Waals surface area contributed by atoms with Crippen molar-refractivity contribution < 1.29 is 9.84 Å². The molecule has 0 amide bonds. The zero-order valence-electron chi connectivity index (χ0n) is 9.14. The topological polar surface area (TPSA) is 29.5 Å². The average Bonchev–Trinajstić information content (AvgIpc) is 2.79. The number of hydrogen-bond donors (Lipinski definition) is 1. The van der Waals surface area contributed by atoms with Crippen LogP contribution in [-0.2, 0) is 6.61 Å². The highest BCUT2D eigenvalue weighted by molar-refractivity contribution is 7.15. The van der Waals surface area contributed by atoms with Crippen molar-refractivity contribution in [2.75, 3.05) is 6.61 Å². The second-order valence-corrected chi connectivity index (χ2v) is 4.52. The zero-order chi connectivity index (χ0) is 11.4. The first-order valence-corrected chi connectivity index (χ1v) is 6.08. The van der Waals surface area contributed by atoms with Gasteiger partial charge < -0.3 is 9.84 Å². The predicted molar refractivity (Wildman–Crippen MR) is 66.8 cm³/mol. The fourth-order valence-electron chi connectivity index (χ4n) is 1.56. The Hall–Kier alpha value is -1.32. The smallest absolute Gasteiger partial charge is 0.127 e. The molecule has 0 spiro atoms. The van der Waals surface area contributed by atoms with E-state index in [2.05, 4.69) is 0 Å². The number of ether oxygens (including phenoxy) is 1. The molecular formula is C13H14O2S. The molecule has 3 heteroatoms. The lowest BCUT2D eigenvalue weighted by atomic mass is 10.1. The van der Waals surface area contributed by atoms with Crippen molar-refractivity contribution in [2.24, 2.45) is 0 Å². The molecule has 1 N–H and O–H groups in total. The quantitative estimate of drug-likeness (QED) is 0.879. The second kappa shape index (κ2) is 5.14. The maximum atomic E-state index is 9.05. The number of aliphatic hydroxyl groups excluding tert-OH is 1. The van der Waals surface area contributed by atoms with Crippen molar-refractivity contribution in [3.05, 3.63) is 41.3 Å². The van der Waals surface area contributed by atoms with E-state index in [1.165, 1.54) is 0 Å². The largest absolute Gasteiger partial charge is 0.493 e. The molecule has 0 saturated carbocycles. The Labute approximate surface area is 99.1 Å². The van der Waals surface area contributed by atoms with Gasteiger partial charge >= 0.3 is 0 Å². The van der Waals surface area contributed by atoms with Crippen molar-refractivity contribution in [3.8, 4) is 16.2 Å². The van der Waals surface area contributed by atoms with Crippen LogP contribution in [-0.4, -0.2) is 11.7 Å². The van der Waals surface area contributed by atoms with E-state index in [-0.39, 0.29) is 6.61 Å². The Kier molecular flexibility index (Phi) is 3.59. The molecule has 84 valence electrons. The predicted octanol–water partition coefficient (Wildman–Crippen LogP) is 3.31. The van der Waals surface area contributed by atoms with Gasteiger partial charge in [-0.15, -0.1) is 11.3 Å². The van der Waals surface area contributed by atoms with Crippen molar-refractivity contribution in [1.29, 1.82) is 0 Å². The van der Waals surface area contributed by atoms with Crippen LogP contribution in [0.5, 0.6) is 5.75 Å². The van der Waals surface area contributed by atoms with Crippen LogP contribution in [0.3, 0.4) is 0 Å². The summed E-state index contributed by atoms with van der Waals surface area (Å²) in [4.78, 5) is 2.11. The van der Waals surface area contributed by atoms with E-state index in [1.54, 1.807) is 11.3 Å². The van der Waals surface area contributed by atoms with E-state index in [9.17, 15) is 0 Å². The number of para-hydroxylation sites is 1. The van der Waals surface area contributed by atoms with Gasteiger partial charge in [-0.1, -0.05) is 12.1 Å². The molecule has 0 unspecified atom stereocenters. The van der Waals surface area contributed by atoms with Crippen LogP contribution < -0.4 is 4.74 Å². The lowest BCUT2D eigenvalue weighted by Crippen LogP contribution is -1.92. The number of thiophene rings is 1. The molecule has 0 radical (unpaired) electrons. The van der Waals surface area contributed by atoms with Gasteiger partial charge in [-0.3, -0.25) is 0 Å². The molecular weight excluding hydrogens is 220 g/mol. The van der Waals surface area contributed by atoms with Crippen LogP contribution in [0.25, 0.3) is 10.4 Å². The molecule has 0 atom stereocenters. The summed E-state index contributed by atoms with van der Waals surface area (Å²) in [5.74, 6) is 0.899. The van der Waals surface area contributed by atoms with Crippen LogP contribution in [0, 0.1) is 0 Å². The monoisotopic (exact) mass is 234 g/mol. The van der Waals surface area contributed by atoms with Crippen molar-refractivity contribution in [1.82, 2.24) is 0 Å². The maximum absolute atomic E-state index is 9.05. The van der Waals surface area contributed by atoms with Gasteiger partial charge in [-0.05, 0) is 31.2 Å². The van der Waals surface area contributed by atoms with Crippen LogP contribution in [0.4, 0.5) is 0 Å². The molecule has 0 aliphatic rings. The number of benzene rings is 1. The molecule has 16 heavy (non-hydrogen) atoms. The van der Waals surface area contributed by atoms with Gasteiger partial charge in [0.05, 0.1) is 13.2 Å². The summed E-state index contributed by atoms with van der Waals surface area (Å²) in [5.41, 5.74) is 1.09. The minimum Gasteiger partial charge on any atom is -0.493 e. The number of hydrogen-bond acceptors (Lipinski definition) is 3. The van der Waals surface area contributed by atoms with Crippen LogP contribution in [0.2, 0.25) is 0 Å². The number of aliphatic hydroxyl groups is 1. The summed E-state index contributed by atoms with van der Waals surface area (Å²) < 4.78 is 5.58. The van der Waals surface area contributed by atoms with Crippen LogP contribution in [0.1, 0.15) is 11.8 Å². The maximum Gasteiger partial charge on any atom is 0.127 e. The van der Waals surface area contributed by atoms with Gasteiger partial charge in [-0.25, -0.2) is 0 Å². The molecule has 0 bridgehead atoms. The summed E-state index contributed by atoms with van der Waals surface area (Å²) in [6.07, 6.45) is 0. The third-order valence-corrected chi connectivity index (χ3v) is 3.37. The van der Waals surface area contributed by atoms with E-state index in [1.807, 2.05) is 43.3 Å². The van der Waals surface area contributed by atoms with E-state index in [0.29, 0.717) is 6.61 Å². The first-order valence-electron chi connectivity index (χ1n) is 5.27. The molecule has 2 aromatic rings. The standard InChI is InChI=1S/C13H14O2S/c1-2-15-12-6-4-3-5-11(12)13-8-7-10(9-14)16-13/h3-8,14H,2,9H2,1H3. The van der Waals surface area contributed by atoms with Gasteiger partial charge in [0, 0.05) is 15.3 Å². The minimum atomic E-state index is 0.0987. The van der Waals surface area contributed by atoms with E-state index in [0.717, 1.165) is 21.1 Å². The molecule has 2 nitrogen and oxygen atoms in total. The zero-order valence-corrected chi connectivity index (χ0v) is 9.96. The number of rotatable bonds is 4. The molecule has 1 aromatic carbocycles. The molecule has 0 aliphatic carbocycles. The van der Waals surface area contributed by atoms with Crippen molar-refractivity contribution in [2.45, 2.75) is 13.5 Å². The highest BCUT2D eigenvalue weighted by Crippen LogP contribution is 2.34. The lowest BCUT2D eigenvalue weighted by molar-refractivity contribution is 0.285. The summed E-state index contributed by atoms with van der Waals surface area (Å²) >= 11 is 1.60. The Balaban J connectivity index is 2.38. The Morgan fingerprint density at radius 2 is 2.00 bits per heavy atom. The second-order valence-electron chi connectivity index (χ2n) is 3.35. The van der Waals surface area contributed by atoms with E-state index >= 15 is 0 Å². The molecule has 0 fully saturated rings. The van der Waals surface area contributed by atoms with Crippen LogP contribution in [0.15, 0.2) is 36.4 Å². The first kappa shape index (κ1) is 11.2. The Morgan fingerprint density at radius 1 is 1.19 bits per heavy atom. The Bertz CT molecular complexity index is 462.